The van der Waals surface area contributed by atoms with Gasteiger partial charge in [-0.25, -0.2) is 0 Å². The molecule has 3 unspecified atom stereocenters. The number of aliphatic hydroxyl groups is 2. The summed E-state index contributed by atoms with van der Waals surface area (Å²) in [6, 6.07) is -0.758. The average molecular weight is 842 g/mol. The summed E-state index contributed by atoms with van der Waals surface area (Å²) in [6.07, 6.45) is 66.7. The van der Waals surface area contributed by atoms with Gasteiger partial charge in [-0.2, -0.15) is 0 Å². The van der Waals surface area contributed by atoms with Gasteiger partial charge in [-0.3, -0.25) is 9.59 Å². The van der Waals surface area contributed by atoms with Gasteiger partial charge in [0.15, 0.2) is 0 Å². The first-order valence-corrected chi connectivity index (χ1v) is 24.1. The lowest BCUT2D eigenvalue weighted by atomic mass is 10.0. The number of nitrogens with one attached hydrogen (secondary N) is 1. The Balaban J connectivity index is 4.79. The summed E-state index contributed by atoms with van der Waals surface area (Å²) in [4.78, 5) is 26.0. The highest BCUT2D eigenvalue weighted by atomic mass is 16.5. The first-order valence-electron chi connectivity index (χ1n) is 24.1. The lowest BCUT2D eigenvalue weighted by Gasteiger charge is -2.24. The summed E-state index contributed by atoms with van der Waals surface area (Å²) in [7, 11) is 0. The van der Waals surface area contributed by atoms with Crippen LogP contribution in [0.5, 0.6) is 0 Å². The van der Waals surface area contributed by atoms with Crippen molar-refractivity contribution in [2.24, 2.45) is 0 Å². The number of aliphatic hydroxyl groups excluding tert-OH is 2. The molecular weight excluding hydrogens is 755 g/mol. The van der Waals surface area contributed by atoms with E-state index in [1.807, 2.05) is 115 Å². The first-order chi connectivity index (χ1) is 30.0. The molecule has 0 aromatic carbocycles. The van der Waals surface area contributed by atoms with Gasteiger partial charge in [0.1, 0.15) is 6.10 Å². The van der Waals surface area contributed by atoms with Gasteiger partial charge in [0, 0.05) is 12.8 Å². The van der Waals surface area contributed by atoms with E-state index >= 15 is 0 Å². The Morgan fingerprint density at radius 3 is 1.38 bits per heavy atom. The maximum atomic E-state index is 13.1. The topological polar surface area (TPSA) is 95.9 Å². The second-order valence-electron chi connectivity index (χ2n) is 15.7. The van der Waals surface area contributed by atoms with E-state index < -0.39 is 18.2 Å². The fourth-order valence-electron chi connectivity index (χ4n) is 6.42. The maximum absolute atomic E-state index is 13.1. The smallest absolute Gasteiger partial charge is 0.306 e. The van der Waals surface area contributed by atoms with Crippen molar-refractivity contribution in [1.82, 2.24) is 5.32 Å². The highest BCUT2D eigenvalue weighted by Gasteiger charge is 2.23. The third-order valence-electron chi connectivity index (χ3n) is 10.0. The van der Waals surface area contributed by atoms with Crippen molar-refractivity contribution >= 4 is 11.9 Å². The number of ether oxygens (including phenoxy) is 1. The van der Waals surface area contributed by atoms with Crippen LogP contribution in [0.25, 0.3) is 0 Å². The van der Waals surface area contributed by atoms with Crippen LogP contribution < -0.4 is 5.32 Å². The molecule has 0 aromatic rings. The van der Waals surface area contributed by atoms with Crippen molar-refractivity contribution in [1.29, 1.82) is 0 Å². The van der Waals surface area contributed by atoms with Crippen LogP contribution in [0, 0.1) is 0 Å². The quantitative estimate of drug-likeness (QED) is 0.0324. The molecule has 0 aliphatic rings. The number of unbranched alkanes of at least 4 members (excludes halogenated alkanes) is 16. The predicted octanol–water partition coefficient (Wildman–Crippen LogP) is 14.3. The number of amides is 1. The summed E-state index contributed by atoms with van der Waals surface area (Å²) >= 11 is 0. The highest BCUT2D eigenvalue weighted by Crippen LogP contribution is 2.15. The molecule has 0 aliphatic carbocycles. The van der Waals surface area contributed by atoms with Crippen LogP contribution in [0.15, 0.2) is 134 Å². The minimum Gasteiger partial charge on any atom is -0.461 e. The van der Waals surface area contributed by atoms with Gasteiger partial charge in [-0.1, -0.05) is 251 Å². The van der Waals surface area contributed by atoms with E-state index in [4.69, 9.17) is 4.74 Å². The van der Waals surface area contributed by atoms with Crippen LogP contribution >= 0.6 is 0 Å². The minimum absolute atomic E-state index is 0.0463. The molecule has 0 aliphatic heterocycles. The molecule has 0 aromatic heterocycles. The number of carbonyl (C=O) groups is 2. The fourth-order valence-corrected chi connectivity index (χ4v) is 6.42. The van der Waals surface area contributed by atoms with Gasteiger partial charge in [-0.05, 0) is 38.5 Å². The maximum Gasteiger partial charge on any atom is 0.306 e. The molecule has 342 valence electrons. The van der Waals surface area contributed by atoms with E-state index in [1.165, 1.54) is 70.6 Å². The zero-order valence-corrected chi connectivity index (χ0v) is 38.7. The Bertz CT molecular complexity index is 1360. The molecule has 3 N–H and O–H groups in total. The van der Waals surface area contributed by atoms with Crippen LogP contribution in [-0.4, -0.2) is 46.9 Å². The van der Waals surface area contributed by atoms with E-state index in [2.05, 4.69) is 44.3 Å². The van der Waals surface area contributed by atoms with Gasteiger partial charge in [0.2, 0.25) is 5.91 Å². The van der Waals surface area contributed by atoms with Crippen molar-refractivity contribution < 1.29 is 24.5 Å². The molecule has 6 heteroatoms. The zero-order valence-electron chi connectivity index (χ0n) is 38.7. The van der Waals surface area contributed by atoms with E-state index in [-0.39, 0.29) is 31.3 Å². The first kappa shape index (κ1) is 57.0. The summed E-state index contributed by atoms with van der Waals surface area (Å²) in [5.74, 6) is -0.676. The average Bonchev–Trinajstić information content (AvgIpc) is 3.25. The molecule has 1 amide bonds. The molecule has 0 fully saturated rings. The summed E-state index contributed by atoms with van der Waals surface area (Å²) < 4.78 is 5.80. The van der Waals surface area contributed by atoms with Crippen LogP contribution in [0.2, 0.25) is 0 Å². The Hall–Kier alpha value is -4.00. The number of rotatable bonds is 40. The molecule has 0 spiro atoms. The highest BCUT2D eigenvalue weighted by molar-refractivity contribution is 5.77. The number of allylic oxidation sites excluding steroid dienone is 21. The molecule has 61 heavy (non-hydrogen) atoms. The predicted molar refractivity (Wildman–Crippen MR) is 263 cm³/mol. The van der Waals surface area contributed by atoms with Crippen molar-refractivity contribution in [3.8, 4) is 0 Å². The molecule has 3 atom stereocenters. The number of hydrogen-bond acceptors (Lipinski definition) is 5. The standard InChI is InChI=1S/C55H87NO5/c1-4-7-10-13-16-19-22-24-26-27-28-30-33-36-39-42-45-48-55(60)61-51(46-43-40-37-34-31-21-18-15-12-9-6-3)49-54(59)56-52(50-57)53(58)47-44-41-38-35-32-29-25-23-20-17-14-11-8-5-2/h7,9-10,12-13,15-16,18-19,21-22,24,26-28,30-31,33-34,37,40,43,51-53,57-58H,4-6,8,11,14,17,20,23,25,29,32,35-36,38-39,41-42,44-50H2,1-3H3,(H,56,59)/b10-7-,12-9+,16-13+,18-15+,22-19+,26-24-,28-27+,31-21-,33-30+,37-34-,43-40+. The SMILES string of the molecule is CC\C=C/C=C/C=C/C=C\C=C\C=C\CCCCCC(=O)OC(C/C=C/C=C\C=C/C=C/C=C/CC)CC(=O)NC(CO)C(O)CCCCCCCCCCCCCCCC. The van der Waals surface area contributed by atoms with Crippen molar-refractivity contribution in [2.75, 3.05) is 6.61 Å². The Kier molecular flexibility index (Phi) is 44.0. The van der Waals surface area contributed by atoms with Crippen molar-refractivity contribution in [3.63, 3.8) is 0 Å². The second kappa shape index (κ2) is 47.1. The van der Waals surface area contributed by atoms with Gasteiger partial charge in [-0.15, -0.1) is 0 Å². The lowest BCUT2D eigenvalue weighted by molar-refractivity contribution is -0.150. The minimum atomic E-state index is -0.834. The summed E-state index contributed by atoms with van der Waals surface area (Å²) in [5.41, 5.74) is 0. The Labute approximate surface area is 373 Å². The molecule has 0 heterocycles. The molecular formula is C55H87NO5. The summed E-state index contributed by atoms with van der Waals surface area (Å²) in [6.45, 7) is 6.12. The largest absolute Gasteiger partial charge is 0.461 e. The molecule has 0 saturated carbocycles. The Morgan fingerprint density at radius 1 is 0.508 bits per heavy atom. The normalized spacial score (nSPS) is 14.5. The molecule has 0 rings (SSSR count). The Morgan fingerprint density at radius 2 is 0.918 bits per heavy atom. The van der Waals surface area contributed by atoms with Crippen LogP contribution in [0.1, 0.15) is 175 Å². The summed E-state index contributed by atoms with van der Waals surface area (Å²) in [5, 5.41) is 23.6. The van der Waals surface area contributed by atoms with Gasteiger partial charge in [0.25, 0.3) is 0 Å². The second-order valence-corrected chi connectivity index (χ2v) is 15.7. The van der Waals surface area contributed by atoms with E-state index in [9.17, 15) is 19.8 Å². The van der Waals surface area contributed by atoms with Crippen LogP contribution in [-0.2, 0) is 14.3 Å². The number of hydrogen-bond donors (Lipinski definition) is 3. The lowest BCUT2D eigenvalue weighted by Crippen LogP contribution is -2.46. The molecule has 0 radical (unpaired) electrons. The molecule has 0 saturated heterocycles. The van der Waals surface area contributed by atoms with Gasteiger partial charge in [0.05, 0.1) is 25.2 Å². The fraction of sp³-hybridized carbons (Fsp3) is 0.564. The molecule has 6 nitrogen and oxygen atoms in total. The number of esters is 1. The third-order valence-corrected chi connectivity index (χ3v) is 10.0. The van der Waals surface area contributed by atoms with E-state index in [0.29, 0.717) is 19.3 Å². The van der Waals surface area contributed by atoms with Crippen molar-refractivity contribution in [2.45, 2.75) is 193 Å². The van der Waals surface area contributed by atoms with E-state index in [0.717, 1.165) is 51.4 Å². The third kappa shape index (κ3) is 42.5. The van der Waals surface area contributed by atoms with Crippen LogP contribution in [0.3, 0.4) is 0 Å². The van der Waals surface area contributed by atoms with Gasteiger partial charge < -0.3 is 20.3 Å². The molecule has 0 bridgehead atoms. The van der Waals surface area contributed by atoms with Gasteiger partial charge >= 0.3 is 5.97 Å². The van der Waals surface area contributed by atoms with Crippen molar-refractivity contribution in [3.05, 3.63) is 134 Å². The van der Waals surface area contributed by atoms with Crippen LogP contribution in [0.4, 0.5) is 0 Å². The van der Waals surface area contributed by atoms with E-state index in [1.54, 1.807) is 0 Å². The zero-order chi connectivity index (χ0) is 44.5. The monoisotopic (exact) mass is 842 g/mol. The number of carbonyl (C=O) groups excluding carboxylic acids is 2.